The van der Waals surface area contributed by atoms with Gasteiger partial charge in [0.25, 0.3) is 0 Å². The van der Waals surface area contributed by atoms with Gasteiger partial charge in [-0.05, 0) is 48.9 Å². The minimum atomic E-state index is -0.0345. The van der Waals surface area contributed by atoms with Crippen molar-refractivity contribution in [3.8, 4) is 0 Å². The van der Waals surface area contributed by atoms with Crippen molar-refractivity contribution in [2.45, 2.75) is 13.3 Å². The van der Waals surface area contributed by atoms with E-state index in [1.807, 2.05) is 62.3 Å². The Kier molecular flexibility index (Phi) is 5.88. The second-order valence-corrected chi connectivity index (χ2v) is 6.06. The molecule has 2 N–H and O–H groups in total. The first kappa shape index (κ1) is 17.2. The lowest BCUT2D eigenvalue weighted by Gasteiger charge is -2.13. The Bertz CT molecular complexity index is 668. The highest BCUT2D eigenvalue weighted by molar-refractivity contribution is 6.31. The zero-order valence-corrected chi connectivity index (χ0v) is 14.4. The van der Waals surface area contributed by atoms with Gasteiger partial charge in [0.1, 0.15) is 0 Å². The van der Waals surface area contributed by atoms with Crippen LogP contribution in [-0.4, -0.2) is 26.5 Å². The van der Waals surface area contributed by atoms with Gasteiger partial charge < -0.3 is 15.5 Å². The van der Waals surface area contributed by atoms with Crippen LogP contribution in [0, 0.1) is 6.92 Å². The van der Waals surface area contributed by atoms with Gasteiger partial charge in [0, 0.05) is 49.1 Å². The number of anilines is 3. The Morgan fingerprint density at radius 3 is 2.48 bits per heavy atom. The van der Waals surface area contributed by atoms with Gasteiger partial charge in [0.05, 0.1) is 0 Å². The molecule has 0 saturated carbocycles. The predicted octanol–water partition coefficient (Wildman–Crippen LogP) is 4.16. The number of nitrogens with one attached hydrogen (secondary N) is 2. The third-order valence-corrected chi connectivity index (χ3v) is 3.77. The maximum Gasteiger partial charge on any atom is 0.226 e. The number of halogens is 1. The fourth-order valence-electron chi connectivity index (χ4n) is 2.14. The van der Waals surface area contributed by atoms with Crippen molar-refractivity contribution in [2.75, 3.05) is 36.2 Å². The van der Waals surface area contributed by atoms with Gasteiger partial charge >= 0.3 is 0 Å². The third-order valence-electron chi connectivity index (χ3n) is 3.54. The van der Waals surface area contributed by atoms with Crippen LogP contribution in [0.15, 0.2) is 42.5 Å². The number of amides is 1. The summed E-state index contributed by atoms with van der Waals surface area (Å²) in [5, 5.41) is 6.76. The van der Waals surface area contributed by atoms with Gasteiger partial charge in [-0.3, -0.25) is 4.79 Å². The molecule has 4 nitrogen and oxygen atoms in total. The summed E-state index contributed by atoms with van der Waals surface area (Å²) in [4.78, 5) is 14.1. The molecule has 2 aromatic carbocycles. The van der Waals surface area contributed by atoms with Gasteiger partial charge in [-0.15, -0.1) is 0 Å². The molecule has 0 aromatic heterocycles. The highest BCUT2D eigenvalue weighted by Gasteiger charge is 2.05. The number of aryl methyl sites for hydroxylation is 1. The van der Waals surface area contributed by atoms with Crippen molar-refractivity contribution < 1.29 is 4.79 Å². The number of hydrogen-bond donors (Lipinski definition) is 2. The first-order valence-electron chi connectivity index (χ1n) is 7.53. The molecule has 1 amide bonds. The molecule has 2 aromatic rings. The average Bonchev–Trinajstić information content (AvgIpc) is 2.51. The molecule has 5 heteroatoms. The van der Waals surface area contributed by atoms with Crippen molar-refractivity contribution in [1.29, 1.82) is 0 Å². The Morgan fingerprint density at radius 2 is 1.83 bits per heavy atom. The van der Waals surface area contributed by atoms with Crippen LogP contribution in [0.25, 0.3) is 0 Å². The van der Waals surface area contributed by atoms with Crippen LogP contribution in [0.1, 0.15) is 12.0 Å². The second kappa shape index (κ2) is 7.88. The van der Waals surface area contributed by atoms with E-state index in [1.54, 1.807) is 6.07 Å². The quantitative estimate of drug-likeness (QED) is 0.835. The average molecular weight is 332 g/mol. The summed E-state index contributed by atoms with van der Waals surface area (Å²) in [5.41, 5.74) is 3.90. The zero-order valence-electron chi connectivity index (χ0n) is 13.7. The standard InChI is InChI=1S/C18H22ClN3O/c1-13-4-5-14(19)12-17(13)21-18(23)10-11-20-15-6-8-16(9-7-15)22(2)3/h4-9,12,20H,10-11H2,1-3H3,(H,21,23). The predicted molar refractivity (Wildman–Crippen MR) is 98.7 cm³/mol. The lowest BCUT2D eigenvalue weighted by atomic mass is 10.2. The highest BCUT2D eigenvalue weighted by atomic mass is 35.5. The van der Waals surface area contributed by atoms with Gasteiger partial charge in [-0.25, -0.2) is 0 Å². The maximum atomic E-state index is 12.0. The van der Waals surface area contributed by atoms with Crippen molar-refractivity contribution in [2.24, 2.45) is 0 Å². The summed E-state index contributed by atoms with van der Waals surface area (Å²) in [7, 11) is 4.01. The molecule has 0 saturated heterocycles. The maximum absolute atomic E-state index is 12.0. The highest BCUT2D eigenvalue weighted by Crippen LogP contribution is 2.20. The SMILES string of the molecule is Cc1ccc(Cl)cc1NC(=O)CCNc1ccc(N(C)C)cc1. The molecule has 0 aliphatic carbocycles. The largest absolute Gasteiger partial charge is 0.385 e. The van der Waals surface area contributed by atoms with Crippen molar-refractivity contribution in [3.05, 3.63) is 53.1 Å². The topological polar surface area (TPSA) is 44.4 Å². The Balaban J connectivity index is 1.81. The molecule has 122 valence electrons. The van der Waals surface area contributed by atoms with E-state index < -0.39 is 0 Å². The van der Waals surface area contributed by atoms with Crippen LogP contribution in [-0.2, 0) is 4.79 Å². The number of rotatable bonds is 6. The molecular formula is C18H22ClN3O. The molecule has 0 spiro atoms. The molecule has 0 aliphatic rings. The van der Waals surface area contributed by atoms with Crippen LogP contribution < -0.4 is 15.5 Å². The Labute approximate surface area is 142 Å². The van der Waals surface area contributed by atoms with E-state index in [4.69, 9.17) is 11.6 Å². The van der Waals surface area contributed by atoms with E-state index in [1.165, 1.54) is 0 Å². The molecule has 2 rings (SSSR count). The number of hydrogen-bond acceptors (Lipinski definition) is 3. The first-order valence-corrected chi connectivity index (χ1v) is 7.91. The van der Waals surface area contributed by atoms with E-state index in [0.29, 0.717) is 18.0 Å². The number of carbonyl (C=O) groups excluding carboxylic acids is 1. The van der Waals surface area contributed by atoms with Crippen molar-refractivity contribution in [1.82, 2.24) is 0 Å². The summed E-state index contributed by atoms with van der Waals surface area (Å²) in [6.45, 7) is 2.52. The minimum absolute atomic E-state index is 0.0345. The molecule has 0 atom stereocenters. The Morgan fingerprint density at radius 1 is 1.13 bits per heavy atom. The summed E-state index contributed by atoms with van der Waals surface area (Å²) < 4.78 is 0. The van der Waals surface area contributed by atoms with Gasteiger partial charge in [-0.1, -0.05) is 17.7 Å². The fourth-order valence-corrected chi connectivity index (χ4v) is 2.31. The van der Waals surface area contributed by atoms with E-state index in [-0.39, 0.29) is 5.91 Å². The second-order valence-electron chi connectivity index (χ2n) is 5.63. The number of carbonyl (C=O) groups is 1. The summed E-state index contributed by atoms with van der Waals surface area (Å²) in [5.74, 6) is -0.0345. The number of benzene rings is 2. The molecule has 0 radical (unpaired) electrons. The summed E-state index contributed by atoms with van der Waals surface area (Å²) in [6.07, 6.45) is 0.390. The molecule has 0 bridgehead atoms. The van der Waals surface area contributed by atoms with Gasteiger partial charge in [-0.2, -0.15) is 0 Å². The lowest BCUT2D eigenvalue weighted by Crippen LogP contribution is -2.16. The fraction of sp³-hybridized carbons (Fsp3) is 0.278. The van der Waals surface area contributed by atoms with Crippen molar-refractivity contribution in [3.63, 3.8) is 0 Å². The monoisotopic (exact) mass is 331 g/mol. The molecular weight excluding hydrogens is 310 g/mol. The van der Waals surface area contributed by atoms with Crippen LogP contribution in [0.5, 0.6) is 0 Å². The first-order chi connectivity index (χ1) is 11.0. The third kappa shape index (κ3) is 5.18. The molecule has 23 heavy (non-hydrogen) atoms. The molecule has 0 fully saturated rings. The van der Waals surface area contributed by atoms with E-state index in [9.17, 15) is 4.79 Å². The van der Waals surface area contributed by atoms with E-state index in [0.717, 1.165) is 22.6 Å². The summed E-state index contributed by atoms with van der Waals surface area (Å²) in [6, 6.07) is 13.6. The van der Waals surface area contributed by atoms with Crippen LogP contribution in [0.4, 0.5) is 17.1 Å². The van der Waals surface area contributed by atoms with Crippen LogP contribution in [0.2, 0.25) is 5.02 Å². The normalized spacial score (nSPS) is 10.3. The van der Waals surface area contributed by atoms with Gasteiger partial charge in [0.2, 0.25) is 5.91 Å². The number of nitrogens with zero attached hydrogens (tertiary/aromatic N) is 1. The van der Waals surface area contributed by atoms with E-state index in [2.05, 4.69) is 10.6 Å². The van der Waals surface area contributed by atoms with Gasteiger partial charge in [0.15, 0.2) is 0 Å². The lowest BCUT2D eigenvalue weighted by molar-refractivity contribution is -0.115. The summed E-state index contributed by atoms with van der Waals surface area (Å²) >= 11 is 5.95. The van der Waals surface area contributed by atoms with Crippen molar-refractivity contribution >= 4 is 34.6 Å². The Hall–Kier alpha value is -2.20. The minimum Gasteiger partial charge on any atom is -0.385 e. The smallest absolute Gasteiger partial charge is 0.226 e. The molecule has 0 heterocycles. The van der Waals surface area contributed by atoms with E-state index >= 15 is 0 Å². The zero-order chi connectivity index (χ0) is 16.8. The molecule has 0 aliphatic heterocycles. The molecule has 0 unspecified atom stereocenters. The van der Waals surface area contributed by atoms with Crippen LogP contribution >= 0.6 is 11.6 Å². The van der Waals surface area contributed by atoms with Crippen LogP contribution in [0.3, 0.4) is 0 Å².